The van der Waals surface area contributed by atoms with E-state index >= 15 is 0 Å². The summed E-state index contributed by atoms with van der Waals surface area (Å²) < 4.78 is 1.79. The minimum absolute atomic E-state index is 0.0640. The smallest absolute Gasteiger partial charge is 0.242 e. The highest BCUT2D eigenvalue weighted by Gasteiger charge is 2.23. The number of anilines is 1. The lowest BCUT2D eigenvalue weighted by atomic mass is 10.0. The summed E-state index contributed by atoms with van der Waals surface area (Å²) >= 11 is 0. The molecule has 2 N–H and O–H groups in total. The van der Waals surface area contributed by atoms with Crippen molar-refractivity contribution in [3.63, 3.8) is 0 Å². The number of hydrogen-bond acceptors (Lipinski definition) is 3. The zero-order chi connectivity index (χ0) is 18.7. The molecule has 0 aliphatic carbocycles. The molecule has 1 fully saturated rings. The van der Waals surface area contributed by atoms with Crippen LogP contribution in [0.2, 0.25) is 0 Å². The van der Waals surface area contributed by atoms with Crippen molar-refractivity contribution in [3.8, 4) is 6.07 Å². The third-order valence-electron chi connectivity index (χ3n) is 5.11. The molecule has 1 unspecified atom stereocenters. The number of aryl methyl sites for hydroxylation is 1. The molecule has 1 atom stereocenters. The molecule has 1 aliphatic heterocycles. The van der Waals surface area contributed by atoms with Gasteiger partial charge in [-0.05, 0) is 37.3 Å². The summed E-state index contributed by atoms with van der Waals surface area (Å²) in [6.07, 6.45) is 2.82. The van der Waals surface area contributed by atoms with Gasteiger partial charge in [0.1, 0.15) is 18.3 Å². The highest BCUT2D eigenvalue weighted by molar-refractivity contribution is 5.77. The average molecular weight is 350 g/mol. The molecule has 2 heterocycles. The summed E-state index contributed by atoms with van der Waals surface area (Å²) in [5.74, 6) is 0.596. The van der Waals surface area contributed by atoms with E-state index in [1.54, 1.807) is 10.6 Å². The lowest BCUT2D eigenvalue weighted by Gasteiger charge is -2.31. The monoisotopic (exact) mass is 350 g/mol. The second-order valence-corrected chi connectivity index (χ2v) is 7.38. The Balaban J connectivity index is 1.86. The molecule has 136 valence electrons. The summed E-state index contributed by atoms with van der Waals surface area (Å²) in [7, 11) is 0. The van der Waals surface area contributed by atoms with Crippen LogP contribution in [-0.4, -0.2) is 28.5 Å². The van der Waals surface area contributed by atoms with Crippen LogP contribution in [0.3, 0.4) is 0 Å². The van der Waals surface area contributed by atoms with E-state index in [1.807, 2.05) is 30.0 Å². The van der Waals surface area contributed by atoms with Gasteiger partial charge in [0.25, 0.3) is 0 Å². The minimum Gasteiger partial charge on any atom is -0.397 e. The highest BCUT2D eigenvalue weighted by atomic mass is 16.2. The van der Waals surface area contributed by atoms with Gasteiger partial charge < -0.3 is 15.2 Å². The molecule has 5 heteroatoms. The Morgan fingerprint density at radius 2 is 2.19 bits per heavy atom. The third kappa shape index (κ3) is 3.91. The Morgan fingerprint density at radius 1 is 1.38 bits per heavy atom. The molecule has 1 saturated heterocycles. The summed E-state index contributed by atoms with van der Waals surface area (Å²) in [6.45, 7) is 6.00. The number of rotatable bonds is 4. The lowest BCUT2D eigenvalue weighted by Crippen LogP contribution is -2.41. The van der Waals surface area contributed by atoms with Gasteiger partial charge in [-0.2, -0.15) is 5.26 Å². The van der Waals surface area contributed by atoms with Gasteiger partial charge in [0.2, 0.25) is 5.91 Å². The number of aromatic nitrogens is 1. The molecule has 0 radical (unpaired) electrons. The summed E-state index contributed by atoms with van der Waals surface area (Å²) in [5, 5.41) is 9.48. The van der Waals surface area contributed by atoms with E-state index in [2.05, 4.69) is 19.1 Å². The number of piperidine rings is 1. The van der Waals surface area contributed by atoms with Crippen molar-refractivity contribution in [2.75, 3.05) is 18.8 Å². The van der Waals surface area contributed by atoms with E-state index in [4.69, 9.17) is 5.73 Å². The van der Waals surface area contributed by atoms with Gasteiger partial charge in [0.15, 0.2) is 0 Å². The largest absolute Gasteiger partial charge is 0.397 e. The van der Waals surface area contributed by atoms with E-state index in [0.29, 0.717) is 23.7 Å². The molecule has 1 aliphatic rings. The van der Waals surface area contributed by atoms with Crippen LogP contribution in [0, 0.1) is 24.2 Å². The average Bonchev–Trinajstić information content (AvgIpc) is 2.90. The second-order valence-electron chi connectivity index (χ2n) is 7.38. The molecular weight excluding hydrogens is 324 g/mol. The van der Waals surface area contributed by atoms with Gasteiger partial charge in [-0.1, -0.05) is 36.8 Å². The Bertz CT molecular complexity index is 846. The number of amides is 1. The van der Waals surface area contributed by atoms with Gasteiger partial charge in [-0.15, -0.1) is 0 Å². The molecule has 1 amide bonds. The standard InChI is InChI=1S/C21H26N4O/c1-15-5-3-7-17(9-15)10-20-19(23)11-18(12-22)25(20)14-21(26)24-8-4-6-16(2)13-24/h3,5,7,9,11,16H,4,6,8,10,13-14,23H2,1-2H3. The molecule has 1 aromatic carbocycles. The Hall–Kier alpha value is -2.74. The SMILES string of the molecule is Cc1cccc(Cc2c(N)cc(C#N)n2CC(=O)N2CCCC(C)C2)c1. The molecule has 5 nitrogen and oxygen atoms in total. The van der Waals surface area contributed by atoms with Crippen LogP contribution in [0.4, 0.5) is 5.69 Å². The number of benzene rings is 1. The highest BCUT2D eigenvalue weighted by Crippen LogP contribution is 2.23. The predicted octanol–water partition coefficient (Wildman–Crippen LogP) is 3.10. The minimum atomic E-state index is 0.0640. The zero-order valence-corrected chi connectivity index (χ0v) is 15.5. The van der Waals surface area contributed by atoms with E-state index < -0.39 is 0 Å². The van der Waals surface area contributed by atoms with Crippen molar-refractivity contribution >= 4 is 11.6 Å². The van der Waals surface area contributed by atoms with Crippen LogP contribution < -0.4 is 5.73 Å². The number of nitriles is 1. The lowest BCUT2D eigenvalue weighted by molar-refractivity contribution is -0.133. The number of likely N-dealkylation sites (tertiary alicyclic amines) is 1. The fraction of sp³-hybridized carbons (Fsp3) is 0.429. The van der Waals surface area contributed by atoms with E-state index in [9.17, 15) is 10.1 Å². The van der Waals surface area contributed by atoms with Crippen molar-refractivity contribution in [1.82, 2.24) is 9.47 Å². The number of carbonyl (C=O) groups excluding carboxylic acids is 1. The number of nitrogen functional groups attached to an aromatic ring is 1. The topological polar surface area (TPSA) is 75.0 Å². The van der Waals surface area contributed by atoms with Crippen LogP contribution in [0.15, 0.2) is 30.3 Å². The first-order chi connectivity index (χ1) is 12.5. The number of nitrogens with two attached hydrogens (primary N) is 1. The summed E-state index contributed by atoms with van der Waals surface area (Å²) in [6, 6.07) is 12.1. The summed E-state index contributed by atoms with van der Waals surface area (Å²) in [5.41, 5.74) is 10.3. The normalized spacial score (nSPS) is 17.1. The Kier molecular flexibility index (Phi) is 5.32. The van der Waals surface area contributed by atoms with Crippen LogP contribution in [0.1, 0.15) is 42.3 Å². The molecule has 2 aromatic rings. The molecule has 0 spiro atoms. The maximum atomic E-state index is 12.8. The van der Waals surface area contributed by atoms with Gasteiger partial charge in [0.05, 0.1) is 5.69 Å². The van der Waals surface area contributed by atoms with Crippen molar-refractivity contribution < 1.29 is 4.79 Å². The van der Waals surface area contributed by atoms with Gasteiger partial charge in [0, 0.05) is 25.2 Å². The van der Waals surface area contributed by atoms with Crippen LogP contribution in [0.5, 0.6) is 0 Å². The van der Waals surface area contributed by atoms with Crippen LogP contribution in [-0.2, 0) is 17.8 Å². The van der Waals surface area contributed by atoms with Crippen molar-refractivity contribution in [3.05, 3.63) is 52.8 Å². The molecule has 0 bridgehead atoms. The van der Waals surface area contributed by atoms with E-state index in [0.717, 1.165) is 30.8 Å². The first-order valence-corrected chi connectivity index (χ1v) is 9.19. The predicted molar refractivity (Wildman–Crippen MR) is 103 cm³/mol. The first-order valence-electron chi connectivity index (χ1n) is 9.19. The van der Waals surface area contributed by atoms with E-state index in [-0.39, 0.29) is 12.5 Å². The number of nitrogens with zero attached hydrogens (tertiary/aromatic N) is 3. The van der Waals surface area contributed by atoms with Crippen molar-refractivity contribution in [2.24, 2.45) is 5.92 Å². The van der Waals surface area contributed by atoms with Crippen molar-refractivity contribution in [2.45, 2.75) is 39.7 Å². The van der Waals surface area contributed by atoms with Gasteiger partial charge in [-0.3, -0.25) is 4.79 Å². The Labute approximate surface area is 155 Å². The van der Waals surface area contributed by atoms with Crippen LogP contribution >= 0.6 is 0 Å². The molecule has 0 saturated carbocycles. The fourth-order valence-electron chi connectivity index (χ4n) is 3.75. The molecule has 26 heavy (non-hydrogen) atoms. The summed E-state index contributed by atoms with van der Waals surface area (Å²) in [4.78, 5) is 14.7. The number of carbonyl (C=O) groups is 1. The molecule has 3 rings (SSSR count). The molecule has 1 aromatic heterocycles. The van der Waals surface area contributed by atoms with Gasteiger partial charge >= 0.3 is 0 Å². The number of hydrogen-bond donors (Lipinski definition) is 1. The van der Waals surface area contributed by atoms with Gasteiger partial charge in [-0.25, -0.2) is 0 Å². The maximum Gasteiger partial charge on any atom is 0.242 e. The van der Waals surface area contributed by atoms with Crippen molar-refractivity contribution in [1.29, 1.82) is 5.26 Å². The Morgan fingerprint density at radius 3 is 2.88 bits per heavy atom. The quantitative estimate of drug-likeness (QED) is 0.920. The zero-order valence-electron chi connectivity index (χ0n) is 15.5. The second kappa shape index (κ2) is 7.65. The third-order valence-corrected chi connectivity index (χ3v) is 5.11. The van der Waals surface area contributed by atoms with Crippen LogP contribution in [0.25, 0.3) is 0 Å². The van der Waals surface area contributed by atoms with E-state index in [1.165, 1.54) is 12.0 Å². The first kappa shape index (κ1) is 18.1. The fourth-order valence-corrected chi connectivity index (χ4v) is 3.75. The molecular formula is C21H26N4O. The maximum absolute atomic E-state index is 12.8.